The van der Waals surface area contributed by atoms with E-state index in [4.69, 9.17) is 10.8 Å². The van der Waals surface area contributed by atoms with Crippen molar-refractivity contribution in [1.82, 2.24) is 14.5 Å². The minimum absolute atomic E-state index is 0.0950. The smallest absolute Gasteiger partial charge is 0.356 e. The molecule has 0 aliphatic heterocycles. The number of nitrogen functional groups attached to an aromatic ring is 1. The van der Waals surface area contributed by atoms with Crippen LogP contribution in [0.5, 0.6) is 0 Å². The standard InChI is InChI=1S/C9H16N4O3/c1-12(2)4-3-5-13-6(8(14)15)7(10)11-9(13)16/h3-5,10H2,1-2H3,(H,11,16)(H,14,15). The quantitative estimate of drug-likeness (QED) is 0.624. The zero-order chi connectivity index (χ0) is 12.3. The highest BCUT2D eigenvalue weighted by Gasteiger charge is 2.17. The number of aromatic amines is 1. The second-order valence-corrected chi connectivity index (χ2v) is 3.81. The van der Waals surface area contributed by atoms with E-state index in [2.05, 4.69) is 4.98 Å². The van der Waals surface area contributed by atoms with E-state index >= 15 is 0 Å². The summed E-state index contributed by atoms with van der Waals surface area (Å²) >= 11 is 0. The largest absolute Gasteiger partial charge is 0.476 e. The SMILES string of the molecule is CN(C)CCCn1c(C(=O)O)c(N)[nH]c1=O. The summed E-state index contributed by atoms with van der Waals surface area (Å²) in [4.78, 5) is 26.5. The molecular weight excluding hydrogens is 212 g/mol. The van der Waals surface area contributed by atoms with Crippen LogP contribution in [0.1, 0.15) is 16.9 Å². The van der Waals surface area contributed by atoms with Crippen LogP contribution in [0.15, 0.2) is 4.79 Å². The van der Waals surface area contributed by atoms with Crippen molar-refractivity contribution >= 4 is 11.8 Å². The Morgan fingerprint density at radius 3 is 2.69 bits per heavy atom. The van der Waals surface area contributed by atoms with Gasteiger partial charge in [-0.05, 0) is 27.1 Å². The van der Waals surface area contributed by atoms with E-state index in [0.29, 0.717) is 13.0 Å². The molecule has 0 amide bonds. The lowest BCUT2D eigenvalue weighted by Gasteiger charge is -2.09. The lowest BCUT2D eigenvalue weighted by atomic mass is 10.3. The number of nitrogens with two attached hydrogens (primary N) is 1. The van der Waals surface area contributed by atoms with Gasteiger partial charge < -0.3 is 15.7 Å². The van der Waals surface area contributed by atoms with Crippen LogP contribution in [0, 0.1) is 0 Å². The minimum atomic E-state index is -1.19. The van der Waals surface area contributed by atoms with Crippen molar-refractivity contribution in [2.45, 2.75) is 13.0 Å². The molecule has 1 aromatic heterocycles. The van der Waals surface area contributed by atoms with Gasteiger partial charge in [0.05, 0.1) is 0 Å². The Hall–Kier alpha value is -1.76. The molecule has 0 bridgehead atoms. The molecule has 1 heterocycles. The molecule has 0 saturated carbocycles. The summed E-state index contributed by atoms with van der Waals surface area (Å²) in [7, 11) is 3.82. The molecule has 0 spiro atoms. The third-order valence-corrected chi connectivity index (χ3v) is 2.20. The Kier molecular flexibility index (Phi) is 3.73. The second kappa shape index (κ2) is 4.84. The van der Waals surface area contributed by atoms with Gasteiger partial charge in [-0.1, -0.05) is 0 Å². The van der Waals surface area contributed by atoms with Gasteiger partial charge in [0.1, 0.15) is 5.82 Å². The molecular formula is C9H16N4O3. The monoisotopic (exact) mass is 228 g/mol. The Morgan fingerprint density at radius 1 is 1.56 bits per heavy atom. The number of carbonyl (C=O) groups is 1. The van der Waals surface area contributed by atoms with E-state index in [1.54, 1.807) is 0 Å². The Bertz CT molecular complexity index is 432. The molecule has 1 aromatic rings. The molecule has 4 N–H and O–H groups in total. The highest BCUT2D eigenvalue weighted by atomic mass is 16.4. The number of aromatic nitrogens is 2. The van der Waals surface area contributed by atoms with Gasteiger partial charge in [0.2, 0.25) is 0 Å². The summed E-state index contributed by atoms with van der Waals surface area (Å²) in [6.45, 7) is 1.11. The zero-order valence-electron chi connectivity index (χ0n) is 9.36. The van der Waals surface area contributed by atoms with Crippen LogP contribution < -0.4 is 11.4 Å². The number of imidazole rings is 1. The molecule has 0 aliphatic rings. The molecule has 7 heteroatoms. The fourth-order valence-corrected chi connectivity index (χ4v) is 1.48. The first-order valence-corrected chi connectivity index (χ1v) is 4.89. The number of hydrogen-bond acceptors (Lipinski definition) is 4. The second-order valence-electron chi connectivity index (χ2n) is 3.81. The number of carboxylic acid groups (broad SMARTS) is 1. The van der Waals surface area contributed by atoms with Gasteiger partial charge in [-0.3, -0.25) is 9.55 Å². The molecule has 0 unspecified atom stereocenters. The van der Waals surface area contributed by atoms with Gasteiger partial charge in [0.15, 0.2) is 5.69 Å². The van der Waals surface area contributed by atoms with E-state index < -0.39 is 11.7 Å². The fraction of sp³-hybridized carbons (Fsp3) is 0.556. The summed E-state index contributed by atoms with van der Waals surface area (Å²) in [5.74, 6) is -1.29. The molecule has 0 aromatic carbocycles. The van der Waals surface area contributed by atoms with Gasteiger partial charge in [0.25, 0.3) is 0 Å². The molecule has 0 saturated heterocycles. The number of rotatable bonds is 5. The van der Waals surface area contributed by atoms with Crippen LogP contribution in [-0.4, -0.2) is 46.2 Å². The molecule has 0 fully saturated rings. The maximum atomic E-state index is 11.4. The van der Waals surface area contributed by atoms with Gasteiger partial charge in [-0.25, -0.2) is 9.59 Å². The van der Waals surface area contributed by atoms with Crippen LogP contribution in [0.4, 0.5) is 5.82 Å². The van der Waals surface area contributed by atoms with Crippen LogP contribution in [0.3, 0.4) is 0 Å². The van der Waals surface area contributed by atoms with Crippen molar-refractivity contribution in [3.8, 4) is 0 Å². The molecule has 0 radical (unpaired) electrons. The number of hydrogen-bond donors (Lipinski definition) is 3. The van der Waals surface area contributed by atoms with Gasteiger partial charge in [0, 0.05) is 6.54 Å². The van der Waals surface area contributed by atoms with E-state index in [-0.39, 0.29) is 11.5 Å². The predicted octanol–water partition coefficient (Wildman–Crippen LogP) is -0.591. The van der Waals surface area contributed by atoms with Crippen molar-refractivity contribution < 1.29 is 9.90 Å². The third-order valence-electron chi connectivity index (χ3n) is 2.20. The fourth-order valence-electron chi connectivity index (χ4n) is 1.48. The normalized spacial score (nSPS) is 10.9. The average Bonchev–Trinajstić information content (AvgIpc) is 2.40. The van der Waals surface area contributed by atoms with Crippen molar-refractivity contribution in [3.05, 3.63) is 16.2 Å². The topological polar surface area (TPSA) is 104 Å². The first kappa shape index (κ1) is 12.3. The summed E-state index contributed by atoms with van der Waals surface area (Å²) in [5, 5.41) is 8.90. The third kappa shape index (κ3) is 2.63. The Labute approximate surface area is 92.5 Å². The Morgan fingerprint density at radius 2 is 2.19 bits per heavy atom. The zero-order valence-corrected chi connectivity index (χ0v) is 9.36. The maximum absolute atomic E-state index is 11.4. The van der Waals surface area contributed by atoms with Gasteiger partial charge in [-0.2, -0.15) is 0 Å². The summed E-state index contributed by atoms with van der Waals surface area (Å²) in [5.41, 5.74) is 4.77. The van der Waals surface area contributed by atoms with Crippen LogP contribution in [0.25, 0.3) is 0 Å². The van der Waals surface area contributed by atoms with Crippen molar-refractivity contribution in [1.29, 1.82) is 0 Å². The number of anilines is 1. The number of carboxylic acids is 1. The van der Waals surface area contributed by atoms with E-state index in [9.17, 15) is 9.59 Å². The molecule has 7 nitrogen and oxygen atoms in total. The number of aromatic carboxylic acids is 1. The average molecular weight is 228 g/mol. The number of H-pyrrole nitrogens is 1. The van der Waals surface area contributed by atoms with Crippen LogP contribution in [0.2, 0.25) is 0 Å². The highest BCUT2D eigenvalue weighted by molar-refractivity contribution is 5.90. The summed E-state index contributed by atoms with van der Waals surface area (Å²) in [6, 6.07) is 0. The first-order chi connectivity index (χ1) is 7.43. The number of nitrogens with one attached hydrogen (secondary N) is 1. The van der Waals surface area contributed by atoms with E-state index in [1.165, 1.54) is 0 Å². The lowest BCUT2D eigenvalue weighted by molar-refractivity contribution is 0.0685. The van der Waals surface area contributed by atoms with E-state index in [0.717, 1.165) is 11.1 Å². The predicted molar refractivity (Wildman–Crippen MR) is 59.6 cm³/mol. The molecule has 16 heavy (non-hydrogen) atoms. The van der Waals surface area contributed by atoms with E-state index in [1.807, 2.05) is 19.0 Å². The summed E-state index contributed by atoms with van der Waals surface area (Å²) < 4.78 is 1.15. The first-order valence-electron chi connectivity index (χ1n) is 4.89. The van der Waals surface area contributed by atoms with Crippen molar-refractivity contribution in [2.75, 3.05) is 26.4 Å². The maximum Gasteiger partial charge on any atom is 0.356 e. The van der Waals surface area contributed by atoms with Crippen molar-refractivity contribution in [2.24, 2.45) is 0 Å². The van der Waals surface area contributed by atoms with Gasteiger partial charge in [-0.15, -0.1) is 0 Å². The highest BCUT2D eigenvalue weighted by Crippen LogP contribution is 2.06. The molecule has 90 valence electrons. The van der Waals surface area contributed by atoms with Gasteiger partial charge >= 0.3 is 11.7 Å². The van der Waals surface area contributed by atoms with Crippen LogP contribution >= 0.6 is 0 Å². The molecule has 0 atom stereocenters. The Balaban J connectivity index is 2.86. The number of nitrogens with zero attached hydrogens (tertiary/aromatic N) is 2. The van der Waals surface area contributed by atoms with Crippen LogP contribution in [-0.2, 0) is 6.54 Å². The summed E-state index contributed by atoms with van der Waals surface area (Å²) in [6.07, 6.45) is 0.685. The molecule has 0 aliphatic carbocycles. The minimum Gasteiger partial charge on any atom is -0.476 e. The van der Waals surface area contributed by atoms with Crippen molar-refractivity contribution in [3.63, 3.8) is 0 Å². The molecule has 1 rings (SSSR count). The lowest BCUT2D eigenvalue weighted by Crippen LogP contribution is -2.23.